The van der Waals surface area contributed by atoms with E-state index in [1.165, 1.54) is 6.42 Å². The number of rotatable bonds is 4. The summed E-state index contributed by atoms with van der Waals surface area (Å²) >= 11 is 0. The summed E-state index contributed by atoms with van der Waals surface area (Å²) in [4.78, 5) is 13.8. The van der Waals surface area contributed by atoms with Crippen molar-refractivity contribution in [2.45, 2.75) is 27.2 Å². The maximum Gasteiger partial charge on any atom is 0.235 e. The van der Waals surface area contributed by atoms with Crippen LogP contribution in [0.25, 0.3) is 0 Å². The van der Waals surface area contributed by atoms with Crippen LogP contribution in [-0.2, 0) is 4.79 Å². The third-order valence-electron chi connectivity index (χ3n) is 3.41. The fourth-order valence-corrected chi connectivity index (χ4v) is 1.80. The summed E-state index contributed by atoms with van der Waals surface area (Å²) in [6.07, 6.45) is 1.18. The molecule has 0 aliphatic heterocycles. The normalized spacial score (nSPS) is 25.4. The van der Waals surface area contributed by atoms with Gasteiger partial charge in [0.05, 0.1) is 0 Å². The summed E-state index contributed by atoms with van der Waals surface area (Å²) in [5.74, 6) is 1.16. The zero-order chi connectivity index (χ0) is 12.5. The van der Waals surface area contributed by atoms with E-state index in [0.29, 0.717) is 11.8 Å². The Morgan fingerprint density at radius 2 is 2.12 bits per heavy atom. The van der Waals surface area contributed by atoms with Crippen molar-refractivity contribution in [3.8, 4) is 0 Å². The van der Waals surface area contributed by atoms with E-state index in [2.05, 4.69) is 12.1 Å². The van der Waals surface area contributed by atoms with Crippen molar-refractivity contribution in [1.82, 2.24) is 4.90 Å². The Kier molecular flexibility index (Phi) is 3.45. The smallest absolute Gasteiger partial charge is 0.235 e. The zero-order valence-electron chi connectivity index (χ0n) is 10.4. The van der Waals surface area contributed by atoms with Gasteiger partial charge in [-0.15, -0.1) is 0 Å². The van der Waals surface area contributed by atoms with Gasteiger partial charge in [0.1, 0.15) is 5.41 Å². The lowest BCUT2D eigenvalue weighted by molar-refractivity contribution is -0.136. The van der Waals surface area contributed by atoms with Crippen molar-refractivity contribution in [2.75, 3.05) is 13.6 Å². The Labute approximate surface area is 96.3 Å². The molecule has 0 aromatic heterocycles. The molecule has 2 unspecified atom stereocenters. The summed E-state index contributed by atoms with van der Waals surface area (Å²) in [7, 11) is 1.76. The van der Waals surface area contributed by atoms with Crippen molar-refractivity contribution < 1.29 is 10.0 Å². The van der Waals surface area contributed by atoms with Crippen LogP contribution < -0.4 is 5.73 Å². The summed E-state index contributed by atoms with van der Waals surface area (Å²) in [5.41, 5.74) is 4.57. The molecule has 92 valence electrons. The second-order valence-corrected chi connectivity index (χ2v) is 5.27. The van der Waals surface area contributed by atoms with E-state index in [1.807, 2.05) is 0 Å². The Bertz CT molecular complexity index is 312. The van der Waals surface area contributed by atoms with Gasteiger partial charge in [0, 0.05) is 13.6 Å². The number of nitrogens with zero attached hydrogens (tertiary/aromatic N) is 2. The Balaban J connectivity index is 2.62. The highest BCUT2D eigenvalue weighted by Crippen LogP contribution is 2.38. The summed E-state index contributed by atoms with van der Waals surface area (Å²) < 4.78 is 0. The van der Waals surface area contributed by atoms with Gasteiger partial charge in [-0.25, -0.2) is 0 Å². The quantitative estimate of drug-likeness (QED) is 0.324. The molecule has 0 spiro atoms. The number of amides is 1. The molecule has 5 heteroatoms. The number of oxime groups is 1. The van der Waals surface area contributed by atoms with Crippen LogP contribution in [0.1, 0.15) is 27.2 Å². The highest BCUT2D eigenvalue weighted by atomic mass is 16.4. The Morgan fingerprint density at radius 1 is 1.62 bits per heavy atom. The van der Waals surface area contributed by atoms with Crippen molar-refractivity contribution in [2.24, 2.45) is 28.1 Å². The number of carbonyl (C=O) groups excluding carboxylic acids is 1. The van der Waals surface area contributed by atoms with Gasteiger partial charge in [-0.1, -0.05) is 12.1 Å². The SMILES string of the molecule is CC1CC1CN(C)C(=O)C(C)(C)C(N)=NO. The van der Waals surface area contributed by atoms with E-state index in [0.717, 1.165) is 6.54 Å². The van der Waals surface area contributed by atoms with Gasteiger partial charge < -0.3 is 15.8 Å². The molecule has 2 atom stereocenters. The molecule has 0 heterocycles. The van der Waals surface area contributed by atoms with Gasteiger partial charge in [0.25, 0.3) is 0 Å². The molecule has 1 aliphatic carbocycles. The highest BCUT2D eigenvalue weighted by Gasteiger charge is 2.39. The molecule has 0 saturated heterocycles. The van der Waals surface area contributed by atoms with E-state index in [4.69, 9.17) is 10.9 Å². The predicted molar refractivity (Wildman–Crippen MR) is 62.1 cm³/mol. The van der Waals surface area contributed by atoms with Crippen LogP contribution in [0.15, 0.2) is 5.16 Å². The molecule has 16 heavy (non-hydrogen) atoms. The largest absolute Gasteiger partial charge is 0.409 e. The minimum absolute atomic E-state index is 0.0480. The molecule has 1 aliphatic rings. The first-order valence-corrected chi connectivity index (χ1v) is 5.54. The number of hydrogen-bond donors (Lipinski definition) is 2. The summed E-state index contributed by atoms with van der Waals surface area (Å²) in [5, 5.41) is 11.5. The number of nitrogens with two attached hydrogens (primary N) is 1. The maximum absolute atomic E-state index is 12.1. The average Bonchev–Trinajstić information content (AvgIpc) is 2.91. The standard InChI is InChI=1S/C11H21N3O2/c1-7-5-8(7)6-14(4)10(15)11(2,3)9(12)13-16/h7-8,16H,5-6H2,1-4H3,(H2,12,13). The zero-order valence-corrected chi connectivity index (χ0v) is 10.4. The molecule has 0 aromatic rings. The van der Waals surface area contributed by atoms with Crippen LogP contribution in [0.2, 0.25) is 0 Å². The first kappa shape index (κ1) is 12.8. The van der Waals surface area contributed by atoms with Gasteiger partial charge in [-0.2, -0.15) is 0 Å². The minimum atomic E-state index is -0.943. The predicted octanol–water partition coefficient (Wildman–Crippen LogP) is 0.873. The molecule has 0 bridgehead atoms. The van der Waals surface area contributed by atoms with E-state index in [9.17, 15) is 4.79 Å². The third kappa shape index (κ3) is 2.46. The van der Waals surface area contributed by atoms with Crippen molar-refractivity contribution in [1.29, 1.82) is 0 Å². The van der Waals surface area contributed by atoms with Gasteiger partial charge in [0.15, 0.2) is 5.84 Å². The molecular formula is C11H21N3O2. The third-order valence-corrected chi connectivity index (χ3v) is 3.41. The fourth-order valence-electron chi connectivity index (χ4n) is 1.80. The van der Waals surface area contributed by atoms with E-state index < -0.39 is 5.41 Å². The van der Waals surface area contributed by atoms with E-state index in [-0.39, 0.29) is 11.7 Å². The molecule has 0 aromatic carbocycles. The topological polar surface area (TPSA) is 78.9 Å². The lowest BCUT2D eigenvalue weighted by Gasteiger charge is -2.28. The summed E-state index contributed by atoms with van der Waals surface area (Å²) in [6, 6.07) is 0. The molecule has 0 radical (unpaired) electrons. The molecule has 1 rings (SSSR count). The second-order valence-electron chi connectivity index (χ2n) is 5.27. The van der Waals surface area contributed by atoms with Crippen LogP contribution in [0.4, 0.5) is 0 Å². The number of amidine groups is 1. The molecule has 1 saturated carbocycles. The lowest BCUT2D eigenvalue weighted by Crippen LogP contribution is -2.47. The van der Waals surface area contributed by atoms with Crippen molar-refractivity contribution in [3.63, 3.8) is 0 Å². The average molecular weight is 227 g/mol. The van der Waals surface area contributed by atoms with Crippen molar-refractivity contribution >= 4 is 11.7 Å². The fraction of sp³-hybridized carbons (Fsp3) is 0.818. The lowest BCUT2D eigenvalue weighted by atomic mass is 9.90. The van der Waals surface area contributed by atoms with E-state index in [1.54, 1.807) is 25.8 Å². The van der Waals surface area contributed by atoms with Gasteiger partial charge in [0.2, 0.25) is 5.91 Å². The van der Waals surface area contributed by atoms with Crippen LogP contribution in [0.5, 0.6) is 0 Å². The summed E-state index contributed by atoms with van der Waals surface area (Å²) in [6.45, 7) is 6.26. The van der Waals surface area contributed by atoms with Gasteiger partial charge in [-0.05, 0) is 32.1 Å². The highest BCUT2D eigenvalue weighted by molar-refractivity contribution is 6.05. The monoisotopic (exact) mass is 227 g/mol. The van der Waals surface area contributed by atoms with Crippen LogP contribution in [-0.4, -0.2) is 35.4 Å². The van der Waals surface area contributed by atoms with Crippen LogP contribution >= 0.6 is 0 Å². The van der Waals surface area contributed by atoms with Crippen LogP contribution in [0.3, 0.4) is 0 Å². The van der Waals surface area contributed by atoms with Crippen molar-refractivity contribution in [3.05, 3.63) is 0 Å². The molecular weight excluding hydrogens is 206 g/mol. The maximum atomic E-state index is 12.1. The first-order valence-electron chi connectivity index (χ1n) is 5.54. The number of carbonyl (C=O) groups is 1. The molecule has 3 N–H and O–H groups in total. The molecule has 1 fully saturated rings. The second kappa shape index (κ2) is 4.31. The Morgan fingerprint density at radius 3 is 2.50 bits per heavy atom. The van der Waals surface area contributed by atoms with Crippen LogP contribution in [0, 0.1) is 17.3 Å². The van der Waals surface area contributed by atoms with E-state index >= 15 is 0 Å². The van der Waals surface area contributed by atoms with Gasteiger partial charge >= 0.3 is 0 Å². The minimum Gasteiger partial charge on any atom is -0.409 e. The number of hydrogen-bond acceptors (Lipinski definition) is 3. The molecule has 1 amide bonds. The first-order chi connectivity index (χ1) is 7.30. The van der Waals surface area contributed by atoms with Gasteiger partial charge in [-0.3, -0.25) is 4.79 Å². The molecule has 5 nitrogen and oxygen atoms in total. The Hall–Kier alpha value is -1.26.